The van der Waals surface area contributed by atoms with Gasteiger partial charge in [-0.3, -0.25) is 0 Å². The topological polar surface area (TPSA) is 33.0 Å². The molecule has 2 rings (SSSR count). The predicted octanol–water partition coefficient (Wildman–Crippen LogP) is 5.27. The molecule has 0 bridgehead atoms. The van der Waals surface area contributed by atoms with Crippen LogP contribution in [0, 0.1) is 17.1 Å². The quantitative estimate of drug-likeness (QED) is 0.684. The molecule has 108 valence electrons. The first-order valence-electron chi connectivity index (χ1n) is 5.55. The first kappa shape index (κ1) is 15.3. The fraction of sp³-hybridized carbons (Fsp3) is 0.0714. The van der Waals surface area contributed by atoms with Crippen LogP contribution in [0.25, 0.3) is 0 Å². The molecule has 0 aliphatic carbocycles. The van der Waals surface area contributed by atoms with E-state index in [4.69, 9.17) is 10.00 Å². The molecule has 7 heteroatoms. The Labute approximate surface area is 125 Å². The molecular formula is C14H6BrF4NO. The number of nitriles is 1. The van der Waals surface area contributed by atoms with Crippen molar-refractivity contribution in [2.45, 2.75) is 6.18 Å². The molecule has 21 heavy (non-hydrogen) atoms. The Morgan fingerprint density at radius 3 is 2.43 bits per heavy atom. The van der Waals surface area contributed by atoms with E-state index in [0.29, 0.717) is 16.6 Å². The van der Waals surface area contributed by atoms with Crippen LogP contribution in [0.5, 0.6) is 11.5 Å². The van der Waals surface area contributed by atoms with Crippen molar-refractivity contribution < 1.29 is 22.3 Å². The molecule has 0 heterocycles. The van der Waals surface area contributed by atoms with Gasteiger partial charge in [0.1, 0.15) is 23.4 Å². The lowest BCUT2D eigenvalue weighted by Crippen LogP contribution is -2.08. The number of ether oxygens (including phenoxy) is 1. The second-order valence-electron chi connectivity index (χ2n) is 3.99. The van der Waals surface area contributed by atoms with Crippen LogP contribution in [0.3, 0.4) is 0 Å². The summed E-state index contributed by atoms with van der Waals surface area (Å²) < 4.78 is 56.9. The van der Waals surface area contributed by atoms with Gasteiger partial charge in [-0.15, -0.1) is 0 Å². The number of rotatable bonds is 2. The van der Waals surface area contributed by atoms with Crippen LogP contribution in [0.2, 0.25) is 0 Å². The Morgan fingerprint density at radius 1 is 1.10 bits per heavy atom. The lowest BCUT2D eigenvalue weighted by molar-refractivity contribution is -0.140. The van der Waals surface area contributed by atoms with Gasteiger partial charge in [0.05, 0.1) is 11.1 Å². The summed E-state index contributed by atoms with van der Waals surface area (Å²) in [6, 6.07) is 8.63. The number of alkyl halides is 3. The van der Waals surface area contributed by atoms with Crippen LogP contribution in [0.4, 0.5) is 17.6 Å². The van der Waals surface area contributed by atoms with Gasteiger partial charge < -0.3 is 4.74 Å². The van der Waals surface area contributed by atoms with E-state index in [1.165, 1.54) is 12.1 Å². The molecule has 0 saturated carbocycles. The molecule has 0 N–H and O–H groups in total. The Hall–Kier alpha value is -2.07. The molecule has 2 aromatic rings. The largest absolute Gasteiger partial charge is 0.456 e. The van der Waals surface area contributed by atoms with Gasteiger partial charge in [0.15, 0.2) is 0 Å². The van der Waals surface area contributed by atoms with Gasteiger partial charge in [-0.25, -0.2) is 4.39 Å². The van der Waals surface area contributed by atoms with Crippen molar-refractivity contribution in [1.29, 1.82) is 5.26 Å². The zero-order valence-corrected chi connectivity index (χ0v) is 11.8. The summed E-state index contributed by atoms with van der Waals surface area (Å²) in [4.78, 5) is 0. The molecule has 2 aromatic carbocycles. The molecule has 0 atom stereocenters. The first-order valence-corrected chi connectivity index (χ1v) is 6.35. The number of halogens is 5. The third-order valence-corrected chi connectivity index (χ3v) is 3.03. The average Bonchev–Trinajstić information content (AvgIpc) is 2.40. The molecule has 0 spiro atoms. The summed E-state index contributed by atoms with van der Waals surface area (Å²) in [7, 11) is 0. The number of nitrogens with zero attached hydrogens (tertiary/aromatic N) is 1. The van der Waals surface area contributed by atoms with Gasteiger partial charge in [-0.1, -0.05) is 15.9 Å². The van der Waals surface area contributed by atoms with Crippen molar-refractivity contribution >= 4 is 15.9 Å². The lowest BCUT2D eigenvalue weighted by Gasteiger charge is -2.12. The Kier molecular flexibility index (Phi) is 4.19. The van der Waals surface area contributed by atoms with Crippen molar-refractivity contribution in [2.24, 2.45) is 0 Å². The SMILES string of the molecule is N#Cc1ccc(Br)cc1Oc1ccc(F)c(C(F)(F)F)c1. The van der Waals surface area contributed by atoms with Crippen LogP contribution in [-0.4, -0.2) is 0 Å². The van der Waals surface area contributed by atoms with Crippen LogP contribution < -0.4 is 4.74 Å². The maximum Gasteiger partial charge on any atom is 0.419 e. The maximum absolute atomic E-state index is 13.2. The highest BCUT2D eigenvalue weighted by molar-refractivity contribution is 9.10. The third kappa shape index (κ3) is 3.52. The Morgan fingerprint density at radius 2 is 1.81 bits per heavy atom. The molecule has 2 nitrogen and oxygen atoms in total. The summed E-state index contributed by atoms with van der Waals surface area (Å²) in [6.07, 6.45) is -4.82. The van der Waals surface area contributed by atoms with Gasteiger partial charge >= 0.3 is 6.18 Å². The molecule has 0 aliphatic rings. The number of hydrogen-bond donors (Lipinski definition) is 0. The highest BCUT2D eigenvalue weighted by Crippen LogP contribution is 2.35. The summed E-state index contributed by atoms with van der Waals surface area (Å²) in [5.41, 5.74) is -1.27. The van der Waals surface area contributed by atoms with E-state index in [1.54, 1.807) is 6.07 Å². The predicted molar refractivity (Wildman–Crippen MR) is 70.3 cm³/mol. The molecule has 0 unspecified atom stereocenters. The smallest absolute Gasteiger partial charge is 0.419 e. The van der Waals surface area contributed by atoms with E-state index in [1.807, 2.05) is 6.07 Å². The van der Waals surface area contributed by atoms with Gasteiger partial charge in [0, 0.05) is 4.47 Å². The van der Waals surface area contributed by atoms with Crippen LogP contribution in [0.15, 0.2) is 40.9 Å². The highest BCUT2D eigenvalue weighted by atomic mass is 79.9. The zero-order chi connectivity index (χ0) is 15.6. The van der Waals surface area contributed by atoms with E-state index in [9.17, 15) is 17.6 Å². The summed E-state index contributed by atoms with van der Waals surface area (Å²) in [5, 5.41) is 8.93. The summed E-state index contributed by atoms with van der Waals surface area (Å²) >= 11 is 3.17. The van der Waals surface area contributed by atoms with Crippen LogP contribution in [0.1, 0.15) is 11.1 Å². The molecule has 0 amide bonds. The first-order chi connectivity index (χ1) is 9.81. The van der Waals surface area contributed by atoms with Crippen molar-refractivity contribution in [3.63, 3.8) is 0 Å². The third-order valence-electron chi connectivity index (χ3n) is 2.54. The fourth-order valence-corrected chi connectivity index (χ4v) is 1.93. The normalized spacial score (nSPS) is 11.0. The zero-order valence-electron chi connectivity index (χ0n) is 10.2. The second-order valence-corrected chi connectivity index (χ2v) is 4.91. The van der Waals surface area contributed by atoms with E-state index >= 15 is 0 Å². The summed E-state index contributed by atoms with van der Waals surface area (Å²) in [5.74, 6) is -1.52. The molecule has 0 radical (unpaired) electrons. The van der Waals surface area contributed by atoms with E-state index in [-0.39, 0.29) is 17.1 Å². The van der Waals surface area contributed by atoms with E-state index < -0.39 is 17.6 Å². The van der Waals surface area contributed by atoms with Gasteiger partial charge in [-0.2, -0.15) is 18.4 Å². The molecule has 0 aromatic heterocycles. The molecule has 0 aliphatic heterocycles. The van der Waals surface area contributed by atoms with Crippen molar-refractivity contribution in [2.75, 3.05) is 0 Å². The maximum atomic E-state index is 13.2. The average molecular weight is 360 g/mol. The molecular weight excluding hydrogens is 354 g/mol. The molecule has 0 saturated heterocycles. The van der Waals surface area contributed by atoms with Crippen molar-refractivity contribution in [3.05, 3.63) is 57.8 Å². The number of hydrogen-bond acceptors (Lipinski definition) is 2. The van der Waals surface area contributed by atoms with Crippen molar-refractivity contribution in [3.8, 4) is 17.6 Å². The highest BCUT2D eigenvalue weighted by Gasteiger charge is 2.34. The Bertz CT molecular complexity index is 722. The Balaban J connectivity index is 2.42. The van der Waals surface area contributed by atoms with Gasteiger partial charge in [0.2, 0.25) is 0 Å². The van der Waals surface area contributed by atoms with Gasteiger partial charge in [-0.05, 0) is 36.4 Å². The minimum atomic E-state index is -4.82. The van der Waals surface area contributed by atoms with Gasteiger partial charge in [0.25, 0.3) is 0 Å². The lowest BCUT2D eigenvalue weighted by atomic mass is 10.2. The minimum Gasteiger partial charge on any atom is -0.456 e. The standard InChI is InChI=1S/C14H6BrF4NO/c15-9-2-1-8(7-20)13(5-9)21-10-3-4-12(16)11(6-10)14(17,18)19/h1-6H. The second kappa shape index (κ2) is 5.74. The summed E-state index contributed by atoms with van der Waals surface area (Å²) in [6.45, 7) is 0. The fourth-order valence-electron chi connectivity index (χ4n) is 1.59. The van der Waals surface area contributed by atoms with Crippen LogP contribution >= 0.6 is 15.9 Å². The van der Waals surface area contributed by atoms with E-state index in [0.717, 1.165) is 6.07 Å². The monoisotopic (exact) mass is 359 g/mol. The van der Waals surface area contributed by atoms with Crippen LogP contribution in [-0.2, 0) is 6.18 Å². The molecule has 0 fully saturated rings. The van der Waals surface area contributed by atoms with E-state index in [2.05, 4.69) is 15.9 Å². The van der Waals surface area contributed by atoms with Crippen molar-refractivity contribution in [1.82, 2.24) is 0 Å². The minimum absolute atomic E-state index is 0.0756. The number of benzene rings is 2.